The van der Waals surface area contributed by atoms with Crippen LogP contribution in [0.1, 0.15) is 6.23 Å². The topological polar surface area (TPSA) is 189 Å². The highest BCUT2D eigenvalue weighted by molar-refractivity contribution is 5.73. The molecule has 2 heterocycles. The number of nitrogens with zero attached hydrogens (tertiary/aromatic N) is 1. The van der Waals surface area contributed by atoms with E-state index in [1.165, 1.54) is 6.20 Å². The summed E-state index contributed by atoms with van der Waals surface area (Å²) in [4.78, 5) is 48.3. The van der Waals surface area contributed by atoms with Crippen molar-refractivity contribution >= 4 is 11.4 Å². The SMILES string of the molecule is N[C@@H]1[C@H](O)[C@@H](CNc2c(NCCO)c(=O)c2=O)O[C@H]1n1ccc(=O)[nH]c1=O. The number of aromatic nitrogens is 2. The molecule has 0 amide bonds. The van der Waals surface area contributed by atoms with E-state index in [1.54, 1.807) is 0 Å². The van der Waals surface area contributed by atoms with Crippen molar-refractivity contribution < 1.29 is 14.9 Å². The molecule has 146 valence electrons. The fourth-order valence-electron chi connectivity index (χ4n) is 2.93. The molecule has 0 saturated carbocycles. The molecule has 7 N–H and O–H groups in total. The zero-order chi connectivity index (χ0) is 19.7. The predicted octanol–water partition coefficient (Wildman–Crippen LogP) is -3.77. The minimum atomic E-state index is -1.17. The Bertz CT molecular complexity index is 1010. The molecule has 0 bridgehead atoms. The molecule has 4 atom stereocenters. The summed E-state index contributed by atoms with van der Waals surface area (Å²) in [5.41, 5.74) is 3.27. The summed E-state index contributed by atoms with van der Waals surface area (Å²) < 4.78 is 6.67. The summed E-state index contributed by atoms with van der Waals surface area (Å²) in [5, 5.41) is 24.4. The van der Waals surface area contributed by atoms with Crippen molar-refractivity contribution in [3.63, 3.8) is 0 Å². The van der Waals surface area contributed by atoms with Crippen LogP contribution >= 0.6 is 0 Å². The lowest BCUT2D eigenvalue weighted by molar-refractivity contribution is -0.0143. The molecule has 0 aliphatic carbocycles. The lowest BCUT2D eigenvalue weighted by Gasteiger charge is -2.19. The number of aliphatic hydroxyl groups excluding tert-OH is 2. The third-order valence-electron chi connectivity index (χ3n) is 4.35. The molecule has 1 aromatic heterocycles. The summed E-state index contributed by atoms with van der Waals surface area (Å²) in [5.74, 6) is 0. The number of aliphatic hydroxyl groups is 2. The maximum atomic E-state index is 11.9. The number of nitrogens with two attached hydrogens (primary N) is 1. The number of hydrogen-bond donors (Lipinski definition) is 6. The van der Waals surface area contributed by atoms with Gasteiger partial charge in [-0.2, -0.15) is 0 Å². The molecule has 1 saturated heterocycles. The van der Waals surface area contributed by atoms with Crippen LogP contribution in [-0.2, 0) is 4.74 Å². The van der Waals surface area contributed by atoms with Gasteiger partial charge in [0.05, 0.1) is 12.6 Å². The van der Waals surface area contributed by atoms with Crippen LogP contribution in [0.3, 0.4) is 0 Å². The second-order valence-corrected chi connectivity index (χ2v) is 6.09. The predicted molar refractivity (Wildman–Crippen MR) is 94.6 cm³/mol. The van der Waals surface area contributed by atoms with Gasteiger partial charge in [0.1, 0.15) is 23.6 Å². The van der Waals surface area contributed by atoms with E-state index < -0.39 is 46.6 Å². The highest BCUT2D eigenvalue weighted by Crippen LogP contribution is 2.27. The maximum absolute atomic E-state index is 11.9. The highest BCUT2D eigenvalue weighted by atomic mass is 16.5. The van der Waals surface area contributed by atoms with Crippen molar-refractivity contribution in [2.24, 2.45) is 5.73 Å². The molecule has 27 heavy (non-hydrogen) atoms. The standard InChI is InChI=1S/C15H19N5O7/c16-8-11(23)6(27-14(8)20-3-1-7(22)19-15(20)26)5-18-10-9(17-2-4-21)12(24)13(10)25/h1,3,6,8,11,14,17-18,21,23H,2,4-5,16H2,(H,19,22,26)/t6-,8-,11-,14-/m1/s1. The summed E-state index contributed by atoms with van der Waals surface area (Å²) in [7, 11) is 0. The van der Waals surface area contributed by atoms with Gasteiger partial charge in [0.25, 0.3) is 16.4 Å². The number of H-pyrrole nitrogens is 1. The zero-order valence-electron chi connectivity index (χ0n) is 14.0. The first-order chi connectivity index (χ1) is 12.8. The Labute approximate surface area is 150 Å². The number of hydrogen-bond acceptors (Lipinski definition) is 10. The van der Waals surface area contributed by atoms with Crippen LogP contribution in [0.25, 0.3) is 0 Å². The zero-order valence-corrected chi connectivity index (χ0v) is 14.0. The number of rotatable bonds is 7. The number of aromatic amines is 1. The van der Waals surface area contributed by atoms with Crippen LogP contribution in [0.5, 0.6) is 0 Å². The van der Waals surface area contributed by atoms with Gasteiger partial charge in [0.15, 0.2) is 6.23 Å². The Kier molecular flexibility index (Phi) is 5.23. The molecular formula is C15H19N5O7. The van der Waals surface area contributed by atoms with Gasteiger partial charge >= 0.3 is 5.69 Å². The fourth-order valence-corrected chi connectivity index (χ4v) is 2.93. The quantitative estimate of drug-likeness (QED) is 0.260. The van der Waals surface area contributed by atoms with Crippen LogP contribution in [0, 0.1) is 0 Å². The number of nitrogens with one attached hydrogen (secondary N) is 3. The minimum absolute atomic E-state index is 0.0301. The first-order valence-electron chi connectivity index (χ1n) is 8.17. The van der Waals surface area contributed by atoms with Crippen molar-refractivity contribution in [2.75, 3.05) is 30.3 Å². The van der Waals surface area contributed by atoms with E-state index in [0.29, 0.717) is 0 Å². The van der Waals surface area contributed by atoms with Crippen LogP contribution in [0.2, 0.25) is 0 Å². The smallest absolute Gasteiger partial charge is 0.330 e. The Morgan fingerprint density at radius 1 is 1.19 bits per heavy atom. The average Bonchev–Trinajstić information content (AvgIpc) is 2.92. The molecule has 12 heteroatoms. The third-order valence-corrected chi connectivity index (χ3v) is 4.35. The lowest BCUT2D eigenvalue weighted by atomic mass is 10.1. The van der Waals surface area contributed by atoms with E-state index in [-0.39, 0.29) is 31.1 Å². The Morgan fingerprint density at radius 3 is 2.48 bits per heavy atom. The Balaban J connectivity index is 1.71. The highest BCUT2D eigenvalue weighted by Gasteiger charge is 2.43. The second-order valence-electron chi connectivity index (χ2n) is 6.09. The molecule has 2 aromatic rings. The number of ether oxygens (including phenoxy) is 1. The van der Waals surface area contributed by atoms with Gasteiger partial charge in [0, 0.05) is 25.4 Å². The minimum Gasteiger partial charge on any atom is -0.395 e. The van der Waals surface area contributed by atoms with E-state index in [9.17, 15) is 24.3 Å². The summed E-state index contributed by atoms with van der Waals surface area (Å²) in [6, 6.07) is 0.165. The maximum Gasteiger partial charge on any atom is 0.330 e. The number of anilines is 2. The molecule has 1 aromatic carbocycles. The van der Waals surface area contributed by atoms with Gasteiger partial charge in [-0.1, -0.05) is 0 Å². The van der Waals surface area contributed by atoms with Crippen molar-refractivity contribution in [1.29, 1.82) is 0 Å². The van der Waals surface area contributed by atoms with Gasteiger partial charge < -0.3 is 31.3 Å². The summed E-state index contributed by atoms with van der Waals surface area (Å²) in [6.45, 7) is -0.167. The lowest BCUT2D eigenvalue weighted by Crippen LogP contribution is -2.44. The van der Waals surface area contributed by atoms with Crippen molar-refractivity contribution in [2.45, 2.75) is 24.5 Å². The van der Waals surface area contributed by atoms with E-state index >= 15 is 0 Å². The Morgan fingerprint density at radius 2 is 1.85 bits per heavy atom. The molecule has 3 rings (SSSR count). The molecule has 1 aliphatic rings. The van der Waals surface area contributed by atoms with E-state index in [2.05, 4.69) is 15.6 Å². The molecule has 1 aliphatic heterocycles. The normalized spacial score (nSPS) is 25.0. The summed E-state index contributed by atoms with van der Waals surface area (Å²) >= 11 is 0. The van der Waals surface area contributed by atoms with Gasteiger partial charge in [-0.15, -0.1) is 0 Å². The summed E-state index contributed by atoms with van der Waals surface area (Å²) in [6.07, 6.45) is -1.85. The average molecular weight is 381 g/mol. The molecule has 0 unspecified atom stereocenters. The van der Waals surface area contributed by atoms with Gasteiger partial charge in [0.2, 0.25) is 0 Å². The first-order valence-corrected chi connectivity index (χ1v) is 8.17. The Hall–Kier alpha value is -2.80. The monoisotopic (exact) mass is 381 g/mol. The molecular weight excluding hydrogens is 362 g/mol. The molecule has 0 spiro atoms. The van der Waals surface area contributed by atoms with Gasteiger partial charge in [-0.25, -0.2) is 4.79 Å². The van der Waals surface area contributed by atoms with Crippen molar-refractivity contribution in [3.05, 3.63) is 53.5 Å². The first kappa shape index (κ1) is 19.0. The van der Waals surface area contributed by atoms with Crippen LogP contribution in [0.15, 0.2) is 31.4 Å². The van der Waals surface area contributed by atoms with Gasteiger partial charge in [-0.3, -0.25) is 23.9 Å². The molecule has 0 radical (unpaired) electrons. The van der Waals surface area contributed by atoms with Crippen LogP contribution in [-0.4, -0.2) is 57.7 Å². The van der Waals surface area contributed by atoms with Gasteiger partial charge in [-0.05, 0) is 0 Å². The van der Waals surface area contributed by atoms with E-state index in [1.807, 2.05) is 0 Å². The van der Waals surface area contributed by atoms with Crippen LogP contribution in [0.4, 0.5) is 11.4 Å². The van der Waals surface area contributed by atoms with E-state index in [0.717, 1.165) is 10.6 Å². The molecule has 1 fully saturated rings. The third kappa shape index (κ3) is 3.42. The van der Waals surface area contributed by atoms with Crippen molar-refractivity contribution in [3.8, 4) is 0 Å². The van der Waals surface area contributed by atoms with E-state index in [4.69, 9.17) is 15.6 Å². The van der Waals surface area contributed by atoms with Crippen molar-refractivity contribution in [1.82, 2.24) is 9.55 Å². The molecule has 12 nitrogen and oxygen atoms in total. The largest absolute Gasteiger partial charge is 0.395 e. The van der Waals surface area contributed by atoms with Crippen LogP contribution < -0.4 is 38.5 Å². The second kappa shape index (κ2) is 7.44. The fraction of sp³-hybridized carbons (Fsp3) is 0.467.